The summed E-state index contributed by atoms with van der Waals surface area (Å²) in [6.45, 7) is 4.33. The summed E-state index contributed by atoms with van der Waals surface area (Å²) >= 11 is 0. The predicted molar refractivity (Wildman–Crippen MR) is 101 cm³/mol. The second-order valence-corrected chi connectivity index (χ2v) is 7.84. The molecule has 0 aromatic heterocycles. The number of anilines is 1. The third kappa shape index (κ3) is 3.52. The fraction of sp³-hybridized carbons (Fsp3) is 0.263. The number of carbonyl (C=O) groups excluding carboxylic acids is 2. The number of nitrogens with one attached hydrogen (secondary N) is 1. The quantitative estimate of drug-likeness (QED) is 0.821. The van der Waals surface area contributed by atoms with Gasteiger partial charge in [-0.15, -0.1) is 0 Å². The molecule has 1 heterocycles. The van der Waals surface area contributed by atoms with E-state index in [1.54, 1.807) is 31.2 Å². The molecule has 0 radical (unpaired) electrons. The molecule has 0 atom stereocenters. The highest BCUT2D eigenvalue weighted by Crippen LogP contribution is 2.31. The van der Waals surface area contributed by atoms with E-state index in [0.29, 0.717) is 24.5 Å². The molecular formula is C19H20N2O5S. The maximum Gasteiger partial charge on any atom is 0.269 e. The summed E-state index contributed by atoms with van der Waals surface area (Å²) in [6.07, 6.45) is 0.518. The molecule has 7 nitrogen and oxygen atoms in total. The monoisotopic (exact) mass is 388 g/mol. The van der Waals surface area contributed by atoms with Crippen LogP contribution in [0.5, 0.6) is 5.75 Å². The number of carbonyl (C=O) groups is 2. The Hall–Kier alpha value is -2.87. The minimum atomic E-state index is -3.91. The number of sulfonamides is 1. The number of nitrogens with zero attached hydrogens (tertiary/aromatic N) is 1. The molecule has 1 aliphatic rings. The zero-order valence-corrected chi connectivity index (χ0v) is 15.9. The highest BCUT2D eigenvalue weighted by molar-refractivity contribution is 7.90. The average molecular weight is 388 g/mol. The Morgan fingerprint density at radius 2 is 1.81 bits per heavy atom. The van der Waals surface area contributed by atoms with E-state index >= 15 is 0 Å². The second kappa shape index (κ2) is 7.40. The standard InChI is InChI=1S/C19H20N2O5S/c1-3-11-21-19(23)16-10-5-13(12-17(16)27(21,24)25)18(22)20-14-6-8-15(9-7-14)26-4-2/h5-10,12H,3-4,11H2,1-2H3,(H,20,22). The Morgan fingerprint density at radius 1 is 1.11 bits per heavy atom. The van der Waals surface area contributed by atoms with E-state index in [9.17, 15) is 18.0 Å². The average Bonchev–Trinajstić information content (AvgIpc) is 2.84. The van der Waals surface area contributed by atoms with Crippen molar-refractivity contribution in [2.24, 2.45) is 0 Å². The summed E-state index contributed by atoms with van der Waals surface area (Å²) in [4.78, 5) is 24.7. The van der Waals surface area contributed by atoms with Crippen LogP contribution in [0.15, 0.2) is 47.4 Å². The topological polar surface area (TPSA) is 92.8 Å². The van der Waals surface area contributed by atoms with Crippen molar-refractivity contribution in [3.8, 4) is 5.75 Å². The largest absolute Gasteiger partial charge is 0.494 e. The van der Waals surface area contributed by atoms with Crippen LogP contribution in [0.1, 0.15) is 41.0 Å². The van der Waals surface area contributed by atoms with Gasteiger partial charge in [-0.1, -0.05) is 6.92 Å². The van der Waals surface area contributed by atoms with Gasteiger partial charge in [-0.2, -0.15) is 0 Å². The van der Waals surface area contributed by atoms with Gasteiger partial charge in [-0.25, -0.2) is 12.7 Å². The minimum absolute atomic E-state index is 0.0982. The molecule has 2 aromatic rings. The van der Waals surface area contributed by atoms with Crippen LogP contribution in [0, 0.1) is 0 Å². The Balaban J connectivity index is 1.84. The van der Waals surface area contributed by atoms with Crippen LogP contribution >= 0.6 is 0 Å². The van der Waals surface area contributed by atoms with Crippen molar-refractivity contribution in [3.63, 3.8) is 0 Å². The molecular weight excluding hydrogens is 368 g/mol. The molecule has 0 saturated heterocycles. The summed E-state index contributed by atoms with van der Waals surface area (Å²) in [5.74, 6) is -0.322. The molecule has 27 heavy (non-hydrogen) atoms. The Bertz CT molecular complexity index is 984. The van der Waals surface area contributed by atoms with Crippen LogP contribution in [0.3, 0.4) is 0 Å². The first-order valence-electron chi connectivity index (χ1n) is 8.63. The van der Waals surface area contributed by atoms with Crippen LogP contribution in [-0.2, 0) is 10.0 Å². The molecule has 1 aliphatic heterocycles. The van der Waals surface area contributed by atoms with Crippen LogP contribution in [0.2, 0.25) is 0 Å². The maximum atomic E-state index is 12.6. The molecule has 1 N–H and O–H groups in total. The van der Waals surface area contributed by atoms with Gasteiger partial charge in [0.2, 0.25) is 0 Å². The maximum absolute atomic E-state index is 12.6. The molecule has 0 fully saturated rings. The number of benzene rings is 2. The number of hydrogen-bond acceptors (Lipinski definition) is 5. The molecule has 8 heteroatoms. The molecule has 0 spiro atoms. The van der Waals surface area contributed by atoms with Gasteiger partial charge in [-0.05, 0) is 55.8 Å². The van der Waals surface area contributed by atoms with Crippen LogP contribution in [-0.4, -0.2) is 37.7 Å². The van der Waals surface area contributed by atoms with E-state index < -0.39 is 21.8 Å². The van der Waals surface area contributed by atoms with Crippen molar-refractivity contribution in [1.82, 2.24) is 4.31 Å². The lowest BCUT2D eigenvalue weighted by Gasteiger charge is -2.13. The third-order valence-corrected chi connectivity index (χ3v) is 5.94. The SMILES string of the molecule is CCCN1C(=O)c2ccc(C(=O)Nc3ccc(OCC)cc3)cc2S1(=O)=O. The number of hydrogen-bond donors (Lipinski definition) is 1. The van der Waals surface area contributed by atoms with Crippen LogP contribution in [0.4, 0.5) is 5.69 Å². The highest BCUT2D eigenvalue weighted by atomic mass is 32.2. The molecule has 2 aromatic carbocycles. The van der Waals surface area contributed by atoms with Crippen LogP contribution < -0.4 is 10.1 Å². The Labute approximate surface area is 158 Å². The first-order chi connectivity index (χ1) is 12.9. The summed E-state index contributed by atoms with van der Waals surface area (Å²) in [5, 5.41) is 2.71. The van der Waals surface area contributed by atoms with Crippen molar-refractivity contribution in [1.29, 1.82) is 0 Å². The Kier molecular flexibility index (Phi) is 5.18. The predicted octanol–water partition coefficient (Wildman–Crippen LogP) is 2.89. The van der Waals surface area contributed by atoms with E-state index in [1.807, 2.05) is 6.92 Å². The van der Waals surface area contributed by atoms with Crippen LogP contribution in [0.25, 0.3) is 0 Å². The lowest BCUT2D eigenvalue weighted by Crippen LogP contribution is -2.30. The summed E-state index contributed by atoms with van der Waals surface area (Å²) in [6, 6.07) is 10.9. The highest BCUT2D eigenvalue weighted by Gasteiger charge is 2.40. The second-order valence-electron chi connectivity index (χ2n) is 6.00. The molecule has 0 bridgehead atoms. The van der Waals surface area contributed by atoms with E-state index in [1.165, 1.54) is 18.2 Å². The van der Waals surface area contributed by atoms with Gasteiger partial charge in [0.25, 0.3) is 21.8 Å². The van der Waals surface area contributed by atoms with Gasteiger partial charge < -0.3 is 10.1 Å². The molecule has 142 valence electrons. The fourth-order valence-electron chi connectivity index (χ4n) is 2.85. The van der Waals surface area contributed by atoms with Gasteiger partial charge in [0, 0.05) is 17.8 Å². The number of ether oxygens (including phenoxy) is 1. The van der Waals surface area contributed by atoms with E-state index in [-0.39, 0.29) is 22.6 Å². The molecule has 3 rings (SSSR count). The normalized spacial score (nSPS) is 14.7. The fourth-order valence-corrected chi connectivity index (χ4v) is 4.53. The zero-order valence-electron chi connectivity index (χ0n) is 15.1. The van der Waals surface area contributed by atoms with E-state index in [4.69, 9.17) is 4.74 Å². The van der Waals surface area contributed by atoms with Gasteiger partial charge in [-0.3, -0.25) is 9.59 Å². The van der Waals surface area contributed by atoms with Crippen molar-refractivity contribution < 1.29 is 22.7 Å². The van der Waals surface area contributed by atoms with Gasteiger partial charge in [0.05, 0.1) is 12.2 Å². The summed E-state index contributed by atoms with van der Waals surface area (Å²) in [5.41, 5.74) is 0.814. The lowest BCUT2D eigenvalue weighted by atomic mass is 10.1. The van der Waals surface area contributed by atoms with Crippen molar-refractivity contribution in [2.45, 2.75) is 25.2 Å². The number of rotatable bonds is 6. The smallest absolute Gasteiger partial charge is 0.269 e. The Morgan fingerprint density at radius 3 is 2.44 bits per heavy atom. The van der Waals surface area contributed by atoms with Crippen molar-refractivity contribution in [3.05, 3.63) is 53.6 Å². The van der Waals surface area contributed by atoms with Crippen molar-refractivity contribution in [2.75, 3.05) is 18.5 Å². The molecule has 0 saturated carbocycles. The first kappa shape index (κ1) is 18.9. The van der Waals surface area contributed by atoms with Gasteiger partial charge in [0.15, 0.2) is 0 Å². The molecule has 0 aliphatic carbocycles. The number of amides is 2. The lowest BCUT2D eigenvalue weighted by molar-refractivity contribution is 0.0870. The summed E-state index contributed by atoms with van der Waals surface area (Å²) in [7, 11) is -3.91. The van der Waals surface area contributed by atoms with Gasteiger partial charge >= 0.3 is 0 Å². The van der Waals surface area contributed by atoms with Gasteiger partial charge in [0.1, 0.15) is 10.6 Å². The summed E-state index contributed by atoms with van der Waals surface area (Å²) < 4.78 is 31.4. The van der Waals surface area contributed by atoms with Crippen molar-refractivity contribution >= 4 is 27.5 Å². The minimum Gasteiger partial charge on any atom is -0.494 e. The third-order valence-electron chi connectivity index (χ3n) is 4.12. The first-order valence-corrected chi connectivity index (χ1v) is 10.1. The van der Waals surface area contributed by atoms with E-state index in [0.717, 1.165) is 4.31 Å². The molecule has 2 amide bonds. The number of fused-ring (bicyclic) bond motifs is 1. The van der Waals surface area contributed by atoms with E-state index in [2.05, 4.69) is 5.32 Å². The zero-order chi connectivity index (χ0) is 19.6. The molecule has 0 unspecified atom stereocenters.